The third-order valence-corrected chi connectivity index (χ3v) is 3.90. The van der Waals surface area contributed by atoms with E-state index in [2.05, 4.69) is 9.97 Å². The molecule has 22 heavy (non-hydrogen) atoms. The number of nitro groups is 1. The lowest BCUT2D eigenvalue weighted by Crippen LogP contribution is -1.95. The first-order chi connectivity index (χ1) is 10.4. The van der Waals surface area contributed by atoms with Crippen LogP contribution in [0.4, 0.5) is 5.69 Å². The SMILES string of the molecule is CC(=O)c1c(C)[nH]c(-c2[nH]c3ccccc3c2[N+](=O)[O-])c1C. The minimum atomic E-state index is -0.392. The molecule has 2 heterocycles. The van der Waals surface area contributed by atoms with Crippen molar-refractivity contribution >= 4 is 22.4 Å². The molecular weight excluding hydrogens is 282 g/mol. The number of carbonyl (C=O) groups excluding carboxylic acids is 1. The molecule has 0 saturated heterocycles. The molecule has 112 valence electrons. The Balaban J connectivity index is 2.36. The molecule has 0 atom stereocenters. The second kappa shape index (κ2) is 4.84. The summed E-state index contributed by atoms with van der Waals surface area (Å²) in [5, 5.41) is 12.1. The van der Waals surface area contributed by atoms with E-state index >= 15 is 0 Å². The summed E-state index contributed by atoms with van der Waals surface area (Å²) in [5.74, 6) is -0.0590. The van der Waals surface area contributed by atoms with Gasteiger partial charge in [0.1, 0.15) is 5.69 Å². The molecule has 0 aliphatic rings. The Morgan fingerprint density at radius 1 is 1.14 bits per heavy atom. The fraction of sp³-hybridized carbons (Fsp3) is 0.188. The van der Waals surface area contributed by atoms with Crippen LogP contribution in [0.5, 0.6) is 0 Å². The normalized spacial score (nSPS) is 11.0. The summed E-state index contributed by atoms with van der Waals surface area (Å²) in [7, 11) is 0. The van der Waals surface area contributed by atoms with E-state index in [4.69, 9.17) is 0 Å². The first-order valence-electron chi connectivity index (χ1n) is 6.87. The maximum Gasteiger partial charge on any atom is 0.304 e. The van der Waals surface area contributed by atoms with Crippen molar-refractivity contribution in [3.8, 4) is 11.4 Å². The molecule has 0 aliphatic carbocycles. The summed E-state index contributed by atoms with van der Waals surface area (Å²) < 4.78 is 0. The number of fused-ring (bicyclic) bond motifs is 1. The van der Waals surface area contributed by atoms with Crippen LogP contribution in [0.3, 0.4) is 0 Å². The number of hydrogen-bond acceptors (Lipinski definition) is 3. The van der Waals surface area contributed by atoms with Crippen molar-refractivity contribution in [1.29, 1.82) is 0 Å². The Morgan fingerprint density at radius 2 is 1.82 bits per heavy atom. The number of nitrogens with zero attached hydrogens (tertiary/aromatic N) is 1. The third-order valence-electron chi connectivity index (χ3n) is 3.90. The van der Waals surface area contributed by atoms with Gasteiger partial charge in [0.05, 0.1) is 21.5 Å². The molecule has 2 N–H and O–H groups in total. The molecule has 3 aromatic rings. The monoisotopic (exact) mass is 297 g/mol. The van der Waals surface area contributed by atoms with Crippen LogP contribution in [0.15, 0.2) is 24.3 Å². The summed E-state index contributed by atoms with van der Waals surface area (Å²) in [6, 6.07) is 7.09. The fourth-order valence-electron chi connectivity index (χ4n) is 3.03. The van der Waals surface area contributed by atoms with Crippen LogP contribution in [0.25, 0.3) is 22.3 Å². The van der Waals surface area contributed by atoms with Gasteiger partial charge in [-0.05, 0) is 38.5 Å². The number of hydrogen-bond donors (Lipinski definition) is 2. The van der Waals surface area contributed by atoms with Crippen LogP contribution < -0.4 is 0 Å². The van der Waals surface area contributed by atoms with E-state index in [1.165, 1.54) is 6.92 Å². The first-order valence-corrected chi connectivity index (χ1v) is 6.87. The zero-order chi connectivity index (χ0) is 16.0. The average molecular weight is 297 g/mol. The summed E-state index contributed by atoms with van der Waals surface area (Å²) in [6.45, 7) is 5.08. The number of nitrogens with one attached hydrogen (secondary N) is 2. The summed E-state index contributed by atoms with van der Waals surface area (Å²) in [6.07, 6.45) is 0. The second-order valence-electron chi connectivity index (χ2n) is 5.33. The Kier molecular flexibility index (Phi) is 3.09. The molecule has 2 aromatic heterocycles. The van der Waals surface area contributed by atoms with Gasteiger partial charge in [0.15, 0.2) is 5.78 Å². The van der Waals surface area contributed by atoms with Crippen LogP contribution in [0.2, 0.25) is 0 Å². The van der Waals surface area contributed by atoms with Gasteiger partial charge in [-0.15, -0.1) is 0 Å². The molecule has 0 unspecified atom stereocenters. The number of carbonyl (C=O) groups is 1. The molecule has 3 rings (SSSR count). The highest BCUT2D eigenvalue weighted by atomic mass is 16.6. The van der Waals surface area contributed by atoms with Crippen LogP contribution in [0.1, 0.15) is 28.5 Å². The van der Waals surface area contributed by atoms with Crippen LogP contribution >= 0.6 is 0 Å². The van der Waals surface area contributed by atoms with Gasteiger partial charge in [0.2, 0.25) is 0 Å². The minimum absolute atomic E-state index is 0.0232. The Labute approximate surface area is 126 Å². The van der Waals surface area contributed by atoms with Crippen LogP contribution in [-0.4, -0.2) is 20.7 Å². The maximum atomic E-state index is 11.8. The zero-order valence-corrected chi connectivity index (χ0v) is 12.5. The molecule has 0 fully saturated rings. The predicted octanol–water partition coefficient (Wildman–Crippen LogP) is 3.89. The van der Waals surface area contributed by atoms with E-state index in [9.17, 15) is 14.9 Å². The number of Topliss-reactive ketones (excluding diaryl/α,β-unsaturated/α-hetero) is 1. The van der Waals surface area contributed by atoms with Gasteiger partial charge in [-0.25, -0.2) is 0 Å². The van der Waals surface area contributed by atoms with E-state index in [0.29, 0.717) is 33.5 Å². The van der Waals surface area contributed by atoms with E-state index in [1.807, 2.05) is 6.07 Å². The number of ketones is 1. The van der Waals surface area contributed by atoms with Gasteiger partial charge in [-0.1, -0.05) is 12.1 Å². The fourth-order valence-corrected chi connectivity index (χ4v) is 3.03. The number of para-hydroxylation sites is 1. The molecular formula is C16H15N3O3. The molecule has 0 amide bonds. The van der Waals surface area contributed by atoms with Crippen molar-refractivity contribution in [2.45, 2.75) is 20.8 Å². The Morgan fingerprint density at radius 3 is 2.41 bits per heavy atom. The van der Waals surface area contributed by atoms with E-state index in [1.54, 1.807) is 32.0 Å². The van der Waals surface area contributed by atoms with Gasteiger partial charge < -0.3 is 9.97 Å². The lowest BCUT2D eigenvalue weighted by Gasteiger charge is -1.98. The highest BCUT2D eigenvalue weighted by Gasteiger charge is 2.27. The second-order valence-corrected chi connectivity index (χ2v) is 5.33. The van der Waals surface area contributed by atoms with Crippen molar-refractivity contribution in [3.05, 3.63) is 51.2 Å². The van der Waals surface area contributed by atoms with E-state index in [-0.39, 0.29) is 11.5 Å². The van der Waals surface area contributed by atoms with Gasteiger partial charge in [-0.3, -0.25) is 14.9 Å². The molecule has 1 aromatic carbocycles. The van der Waals surface area contributed by atoms with Crippen molar-refractivity contribution < 1.29 is 9.72 Å². The van der Waals surface area contributed by atoms with Gasteiger partial charge in [0.25, 0.3) is 0 Å². The minimum Gasteiger partial charge on any atom is -0.356 e. The molecule has 0 bridgehead atoms. The smallest absolute Gasteiger partial charge is 0.304 e. The highest BCUT2D eigenvalue weighted by Crippen LogP contribution is 2.38. The Bertz CT molecular complexity index is 918. The van der Waals surface area contributed by atoms with Crippen molar-refractivity contribution in [3.63, 3.8) is 0 Å². The lowest BCUT2D eigenvalue weighted by molar-refractivity contribution is -0.382. The summed E-state index contributed by atoms with van der Waals surface area (Å²) in [5.41, 5.74) is 3.73. The third kappa shape index (κ3) is 1.92. The molecule has 6 nitrogen and oxygen atoms in total. The molecule has 6 heteroatoms. The number of H-pyrrole nitrogens is 2. The van der Waals surface area contributed by atoms with Gasteiger partial charge >= 0.3 is 5.69 Å². The van der Waals surface area contributed by atoms with E-state index in [0.717, 1.165) is 5.56 Å². The predicted molar refractivity (Wildman–Crippen MR) is 84.2 cm³/mol. The maximum absolute atomic E-state index is 11.8. The molecule has 0 aliphatic heterocycles. The molecule has 0 radical (unpaired) electrons. The first kappa shape index (κ1) is 14.1. The quantitative estimate of drug-likeness (QED) is 0.436. The number of aromatic amines is 2. The standard InChI is InChI=1S/C16H15N3O3/c1-8-13(10(3)20)9(2)17-14(8)15-16(19(21)22)11-6-4-5-7-12(11)18-15/h4-7,17-18H,1-3H3. The number of benzene rings is 1. The van der Waals surface area contributed by atoms with E-state index < -0.39 is 4.92 Å². The number of aryl methyl sites for hydroxylation is 1. The number of aromatic nitrogens is 2. The van der Waals surface area contributed by atoms with Crippen molar-refractivity contribution in [1.82, 2.24) is 9.97 Å². The number of rotatable bonds is 3. The van der Waals surface area contributed by atoms with Gasteiger partial charge in [-0.2, -0.15) is 0 Å². The average Bonchev–Trinajstić information content (AvgIpc) is 2.96. The van der Waals surface area contributed by atoms with Crippen LogP contribution in [-0.2, 0) is 0 Å². The van der Waals surface area contributed by atoms with Crippen molar-refractivity contribution in [2.75, 3.05) is 0 Å². The highest BCUT2D eigenvalue weighted by molar-refractivity contribution is 6.01. The summed E-state index contributed by atoms with van der Waals surface area (Å²) >= 11 is 0. The van der Waals surface area contributed by atoms with Crippen LogP contribution in [0, 0.1) is 24.0 Å². The Hall–Kier alpha value is -2.89. The van der Waals surface area contributed by atoms with Crippen molar-refractivity contribution in [2.24, 2.45) is 0 Å². The largest absolute Gasteiger partial charge is 0.356 e. The summed E-state index contributed by atoms with van der Waals surface area (Å²) in [4.78, 5) is 29.1. The topological polar surface area (TPSA) is 91.8 Å². The van der Waals surface area contributed by atoms with Gasteiger partial charge in [0, 0.05) is 11.3 Å². The lowest BCUT2D eigenvalue weighted by atomic mass is 10.1. The molecule has 0 saturated carbocycles. The molecule has 0 spiro atoms. The zero-order valence-electron chi connectivity index (χ0n) is 12.5.